The predicted molar refractivity (Wildman–Crippen MR) is 68.2 cm³/mol. The van der Waals surface area contributed by atoms with Crippen molar-refractivity contribution in [3.05, 3.63) is 23.8 Å². The second-order valence-electron chi connectivity index (χ2n) is 3.88. The summed E-state index contributed by atoms with van der Waals surface area (Å²) in [5.74, 6) is 1.32. The highest BCUT2D eigenvalue weighted by atomic mass is 19.3. The maximum absolute atomic E-state index is 12.1. The van der Waals surface area contributed by atoms with Crippen LogP contribution in [-0.2, 0) is 4.74 Å². The Balaban J connectivity index is 2.83. The fourth-order valence-electron chi connectivity index (χ4n) is 1.72. The van der Waals surface area contributed by atoms with Gasteiger partial charge in [0.25, 0.3) is 6.43 Å². The molecular formula is C13H19F2NO3. The molecule has 0 saturated carbocycles. The molecule has 108 valence electrons. The number of halogens is 2. The predicted octanol–water partition coefficient (Wildman–Crippen LogP) is 2.25. The van der Waals surface area contributed by atoms with Gasteiger partial charge in [-0.05, 0) is 25.2 Å². The Hall–Kier alpha value is -1.40. The van der Waals surface area contributed by atoms with E-state index in [1.165, 1.54) is 0 Å². The summed E-state index contributed by atoms with van der Waals surface area (Å²) < 4.78 is 39.5. The molecule has 4 nitrogen and oxygen atoms in total. The monoisotopic (exact) mass is 275 g/mol. The maximum Gasteiger partial charge on any atom is 0.261 e. The van der Waals surface area contributed by atoms with Crippen LogP contribution in [0.1, 0.15) is 11.6 Å². The standard InChI is InChI=1S/C13H19F2NO3/c1-16-11(7-19-8-13(14)15)10-6-9(17-2)4-5-12(10)18-3/h4-6,11,13,16H,7-8H2,1-3H3. The third-order valence-corrected chi connectivity index (χ3v) is 2.69. The first-order valence-electron chi connectivity index (χ1n) is 5.87. The lowest BCUT2D eigenvalue weighted by molar-refractivity contribution is 0.00966. The Bertz CT molecular complexity index is 388. The van der Waals surface area contributed by atoms with Gasteiger partial charge in [-0.3, -0.25) is 0 Å². The summed E-state index contributed by atoms with van der Waals surface area (Å²) in [4.78, 5) is 0. The smallest absolute Gasteiger partial charge is 0.261 e. The molecule has 1 rings (SSSR count). The van der Waals surface area contributed by atoms with Crippen LogP contribution < -0.4 is 14.8 Å². The zero-order valence-corrected chi connectivity index (χ0v) is 11.3. The summed E-state index contributed by atoms with van der Waals surface area (Å²) in [5, 5.41) is 3.01. The van der Waals surface area contributed by atoms with Gasteiger partial charge in [-0.2, -0.15) is 0 Å². The zero-order valence-electron chi connectivity index (χ0n) is 11.3. The van der Waals surface area contributed by atoms with Gasteiger partial charge in [0.2, 0.25) is 0 Å². The van der Waals surface area contributed by atoms with Crippen molar-refractivity contribution in [1.29, 1.82) is 0 Å². The molecule has 0 aliphatic heterocycles. The van der Waals surface area contributed by atoms with Crippen molar-refractivity contribution in [1.82, 2.24) is 5.32 Å². The molecule has 1 N–H and O–H groups in total. The van der Waals surface area contributed by atoms with Crippen LogP contribution >= 0.6 is 0 Å². The lowest BCUT2D eigenvalue weighted by Gasteiger charge is -2.20. The molecule has 0 saturated heterocycles. The van der Waals surface area contributed by atoms with Crippen LogP contribution in [0, 0.1) is 0 Å². The van der Waals surface area contributed by atoms with Crippen molar-refractivity contribution in [2.45, 2.75) is 12.5 Å². The summed E-state index contributed by atoms with van der Waals surface area (Å²) >= 11 is 0. The Kier molecular flexibility index (Phi) is 6.52. The first-order valence-corrected chi connectivity index (χ1v) is 5.87. The highest BCUT2D eigenvalue weighted by Gasteiger charge is 2.16. The Morgan fingerprint density at radius 2 is 1.89 bits per heavy atom. The molecule has 0 fully saturated rings. The number of nitrogens with one attached hydrogen (secondary N) is 1. The van der Waals surface area contributed by atoms with Gasteiger partial charge in [0, 0.05) is 5.56 Å². The van der Waals surface area contributed by atoms with Crippen molar-refractivity contribution >= 4 is 0 Å². The van der Waals surface area contributed by atoms with Gasteiger partial charge in [0.15, 0.2) is 0 Å². The van der Waals surface area contributed by atoms with Crippen LogP contribution in [0.5, 0.6) is 11.5 Å². The summed E-state index contributed by atoms with van der Waals surface area (Å²) in [7, 11) is 4.85. The number of likely N-dealkylation sites (N-methyl/N-ethyl adjacent to an activating group) is 1. The molecular weight excluding hydrogens is 256 g/mol. The molecule has 0 heterocycles. The van der Waals surface area contributed by atoms with Crippen molar-refractivity contribution in [2.24, 2.45) is 0 Å². The first-order chi connectivity index (χ1) is 9.12. The number of rotatable bonds is 8. The van der Waals surface area contributed by atoms with E-state index in [1.54, 1.807) is 39.5 Å². The van der Waals surface area contributed by atoms with Gasteiger partial charge >= 0.3 is 0 Å². The Morgan fingerprint density at radius 1 is 1.16 bits per heavy atom. The summed E-state index contributed by atoms with van der Waals surface area (Å²) in [6.45, 7) is -0.450. The number of hydrogen-bond donors (Lipinski definition) is 1. The number of alkyl halides is 2. The molecule has 0 amide bonds. The average Bonchev–Trinajstić information content (AvgIpc) is 2.42. The van der Waals surface area contributed by atoms with Crippen molar-refractivity contribution in [2.75, 3.05) is 34.5 Å². The SMILES string of the molecule is CNC(COCC(F)F)c1cc(OC)ccc1OC. The highest BCUT2D eigenvalue weighted by molar-refractivity contribution is 5.42. The minimum atomic E-state index is -2.47. The van der Waals surface area contributed by atoms with Crippen LogP contribution in [0.2, 0.25) is 0 Å². The van der Waals surface area contributed by atoms with E-state index in [2.05, 4.69) is 5.32 Å². The minimum absolute atomic E-state index is 0.129. The van der Waals surface area contributed by atoms with Crippen molar-refractivity contribution in [3.63, 3.8) is 0 Å². The lowest BCUT2D eigenvalue weighted by atomic mass is 10.1. The fourth-order valence-corrected chi connectivity index (χ4v) is 1.72. The molecule has 6 heteroatoms. The van der Waals surface area contributed by atoms with Gasteiger partial charge in [-0.25, -0.2) is 8.78 Å². The van der Waals surface area contributed by atoms with Gasteiger partial charge in [-0.1, -0.05) is 0 Å². The van der Waals surface area contributed by atoms with E-state index < -0.39 is 13.0 Å². The lowest BCUT2D eigenvalue weighted by Crippen LogP contribution is -2.23. The summed E-state index contributed by atoms with van der Waals surface area (Å²) in [6, 6.07) is 5.09. The van der Waals surface area contributed by atoms with E-state index in [1.807, 2.05) is 0 Å². The van der Waals surface area contributed by atoms with Gasteiger partial charge < -0.3 is 19.5 Å². The van der Waals surface area contributed by atoms with Crippen LogP contribution in [0.4, 0.5) is 8.78 Å². The fraction of sp³-hybridized carbons (Fsp3) is 0.538. The molecule has 0 aliphatic carbocycles. The quantitative estimate of drug-likeness (QED) is 0.790. The number of ether oxygens (including phenoxy) is 3. The first kappa shape index (κ1) is 15.7. The van der Waals surface area contributed by atoms with Crippen molar-refractivity contribution in [3.8, 4) is 11.5 Å². The molecule has 1 unspecified atom stereocenters. The van der Waals surface area contributed by atoms with Crippen LogP contribution in [-0.4, -0.2) is 40.9 Å². The Labute approximate surface area is 111 Å². The molecule has 0 radical (unpaired) electrons. The zero-order chi connectivity index (χ0) is 14.3. The molecule has 0 aromatic heterocycles. The van der Waals surface area contributed by atoms with E-state index in [0.29, 0.717) is 11.5 Å². The molecule has 1 aromatic rings. The summed E-state index contributed by atoms with van der Waals surface area (Å²) in [5.41, 5.74) is 0.804. The third kappa shape index (κ3) is 4.65. The Morgan fingerprint density at radius 3 is 2.42 bits per heavy atom. The molecule has 0 spiro atoms. The van der Waals surface area contributed by atoms with Crippen LogP contribution in [0.3, 0.4) is 0 Å². The van der Waals surface area contributed by atoms with Crippen molar-refractivity contribution < 1.29 is 23.0 Å². The van der Waals surface area contributed by atoms with Crippen LogP contribution in [0.15, 0.2) is 18.2 Å². The number of methoxy groups -OCH3 is 2. The summed E-state index contributed by atoms with van der Waals surface area (Å²) in [6.07, 6.45) is -2.47. The second kappa shape index (κ2) is 7.91. The molecule has 19 heavy (non-hydrogen) atoms. The molecule has 1 atom stereocenters. The number of benzene rings is 1. The average molecular weight is 275 g/mol. The topological polar surface area (TPSA) is 39.7 Å². The largest absolute Gasteiger partial charge is 0.497 e. The maximum atomic E-state index is 12.1. The van der Waals surface area contributed by atoms with Gasteiger partial charge in [0.05, 0.1) is 26.9 Å². The van der Waals surface area contributed by atoms with E-state index in [4.69, 9.17) is 14.2 Å². The van der Waals surface area contributed by atoms with E-state index >= 15 is 0 Å². The van der Waals surface area contributed by atoms with Crippen LogP contribution in [0.25, 0.3) is 0 Å². The third-order valence-electron chi connectivity index (χ3n) is 2.69. The molecule has 1 aromatic carbocycles. The van der Waals surface area contributed by atoms with E-state index in [9.17, 15) is 8.78 Å². The van der Waals surface area contributed by atoms with E-state index in [0.717, 1.165) is 5.56 Å². The minimum Gasteiger partial charge on any atom is -0.497 e. The van der Waals surface area contributed by atoms with Gasteiger partial charge in [0.1, 0.15) is 18.1 Å². The van der Waals surface area contributed by atoms with Gasteiger partial charge in [-0.15, -0.1) is 0 Å². The highest BCUT2D eigenvalue weighted by Crippen LogP contribution is 2.29. The van der Waals surface area contributed by atoms with E-state index in [-0.39, 0.29) is 12.6 Å². The molecule has 0 bridgehead atoms. The normalized spacial score (nSPS) is 12.5. The second-order valence-corrected chi connectivity index (χ2v) is 3.88. The number of hydrogen-bond acceptors (Lipinski definition) is 4. The molecule has 0 aliphatic rings.